The van der Waals surface area contributed by atoms with Crippen molar-refractivity contribution in [1.29, 1.82) is 0 Å². The standard InChI is InChI=1S/C6H10N4O/c1-3-9(5-7-1)11-10-4-2-8-6-10/h5-6H,1-4H2. The summed E-state index contributed by atoms with van der Waals surface area (Å²) in [4.78, 5) is 13.4. The highest BCUT2D eigenvalue weighted by Gasteiger charge is 2.12. The summed E-state index contributed by atoms with van der Waals surface area (Å²) in [6, 6.07) is 0. The Balaban J connectivity index is 1.80. The quantitative estimate of drug-likeness (QED) is 0.539. The zero-order valence-corrected chi connectivity index (χ0v) is 6.18. The Bertz CT molecular complexity index is 171. The summed E-state index contributed by atoms with van der Waals surface area (Å²) in [7, 11) is 0. The third-order valence-electron chi connectivity index (χ3n) is 1.53. The van der Waals surface area contributed by atoms with E-state index in [0.29, 0.717) is 0 Å². The molecule has 5 nitrogen and oxygen atoms in total. The van der Waals surface area contributed by atoms with Gasteiger partial charge in [0.05, 0.1) is 26.2 Å². The van der Waals surface area contributed by atoms with E-state index in [1.807, 2.05) is 0 Å². The van der Waals surface area contributed by atoms with Crippen LogP contribution in [-0.2, 0) is 4.94 Å². The van der Waals surface area contributed by atoms with Gasteiger partial charge < -0.3 is 0 Å². The van der Waals surface area contributed by atoms with Gasteiger partial charge in [0.25, 0.3) is 0 Å². The van der Waals surface area contributed by atoms with Gasteiger partial charge in [0.1, 0.15) is 12.7 Å². The van der Waals surface area contributed by atoms with Crippen LogP contribution in [0, 0.1) is 0 Å². The maximum atomic E-state index is 5.34. The van der Waals surface area contributed by atoms with E-state index in [9.17, 15) is 0 Å². The van der Waals surface area contributed by atoms with Crippen LogP contribution in [0.3, 0.4) is 0 Å². The molecule has 0 spiro atoms. The molecule has 0 atom stereocenters. The van der Waals surface area contributed by atoms with Crippen molar-refractivity contribution in [2.24, 2.45) is 9.98 Å². The largest absolute Gasteiger partial charge is 0.271 e. The Morgan fingerprint density at radius 3 is 1.91 bits per heavy atom. The lowest BCUT2D eigenvalue weighted by Gasteiger charge is -2.19. The lowest BCUT2D eigenvalue weighted by atomic mass is 10.7. The van der Waals surface area contributed by atoms with Gasteiger partial charge in [0.2, 0.25) is 0 Å². The Labute approximate surface area is 64.9 Å². The second-order valence-electron chi connectivity index (χ2n) is 2.41. The third-order valence-corrected chi connectivity index (χ3v) is 1.53. The van der Waals surface area contributed by atoms with Gasteiger partial charge in [-0.3, -0.25) is 9.98 Å². The molecule has 0 saturated heterocycles. The van der Waals surface area contributed by atoms with Crippen LogP contribution in [0.5, 0.6) is 0 Å². The fraction of sp³-hybridized carbons (Fsp3) is 0.667. The molecule has 0 aromatic carbocycles. The summed E-state index contributed by atoms with van der Waals surface area (Å²) in [6.07, 6.45) is 3.40. The molecule has 0 aromatic heterocycles. The Hall–Kier alpha value is -1.10. The summed E-state index contributed by atoms with van der Waals surface area (Å²) >= 11 is 0. The summed E-state index contributed by atoms with van der Waals surface area (Å²) in [6.45, 7) is 3.32. The monoisotopic (exact) mass is 154 g/mol. The van der Waals surface area contributed by atoms with Crippen molar-refractivity contribution in [3.05, 3.63) is 0 Å². The molecular formula is C6H10N4O. The highest BCUT2D eigenvalue weighted by atomic mass is 16.8. The lowest BCUT2D eigenvalue weighted by molar-refractivity contribution is -0.238. The topological polar surface area (TPSA) is 40.4 Å². The molecule has 2 heterocycles. The van der Waals surface area contributed by atoms with Crippen molar-refractivity contribution >= 4 is 12.7 Å². The van der Waals surface area contributed by atoms with Crippen molar-refractivity contribution in [3.8, 4) is 0 Å². The minimum atomic E-state index is 0.824. The number of hydrogen-bond acceptors (Lipinski definition) is 5. The molecule has 0 radical (unpaired) electrons. The molecule has 0 aromatic rings. The van der Waals surface area contributed by atoms with E-state index in [1.165, 1.54) is 0 Å². The zero-order valence-electron chi connectivity index (χ0n) is 6.18. The highest BCUT2D eigenvalue weighted by Crippen LogP contribution is 2.00. The predicted molar refractivity (Wildman–Crippen MR) is 41.2 cm³/mol. The van der Waals surface area contributed by atoms with Crippen molar-refractivity contribution in [2.45, 2.75) is 0 Å². The number of hydrogen-bond donors (Lipinski definition) is 0. The average Bonchev–Trinajstić information content (AvgIpc) is 2.60. The van der Waals surface area contributed by atoms with Crippen LogP contribution >= 0.6 is 0 Å². The van der Waals surface area contributed by atoms with Crippen LogP contribution in [0.4, 0.5) is 0 Å². The van der Waals surface area contributed by atoms with Crippen molar-refractivity contribution in [2.75, 3.05) is 26.2 Å². The fourth-order valence-corrected chi connectivity index (χ4v) is 0.984. The van der Waals surface area contributed by atoms with E-state index in [4.69, 9.17) is 4.94 Å². The molecular weight excluding hydrogens is 144 g/mol. The Morgan fingerprint density at radius 2 is 1.55 bits per heavy atom. The summed E-state index contributed by atoms with van der Waals surface area (Å²) in [5.41, 5.74) is 0. The van der Waals surface area contributed by atoms with Crippen molar-refractivity contribution in [1.82, 2.24) is 10.1 Å². The minimum Gasteiger partial charge on any atom is -0.271 e. The maximum Gasteiger partial charge on any atom is 0.113 e. The van der Waals surface area contributed by atoms with E-state index in [-0.39, 0.29) is 0 Å². The van der Waals surface area contributed by atoms with Gasteiger partial charge in [0, 0.05) is 0 Å². The van der Waals surface area contributed by atoms with Gasteiger partial charge >= 0.3 is 0 Å². The number of hydroxylamine groups is 4. The van der Waals surface area contributed by atoms with Crippen LogP contribution in [0.1, 0.15) is 0 Å². The first kappa shape index (κ1) is 6.60. The molecule has 0 fully saturated rings. The highest BCUT2D eigenvalue weighted by molar-refractivity contribution is 5.57. The first-order valence-electron chi connectivity index (χ1n) is 3.66. The van der Waals surface area contributed by atoms with Crippen LogP contribution in [-0.4, -0.2) is 49.0 Å². The lowest BCUT2D eigenvalue weighted by Crippen LogP contribution is -2.31. The molecule has 2 rings (SSSR count). The van der Waals surface area contributed by atoms with Crippen molar-refractivity contribution < 1.29 is 4.94 Å². The molecule has 0 N–H and O–H groups in total. The molecule has 60 valence electrons. The van der Waals surface area contributed by atoms with E-state index < -0.39 is 0 Å². The summed E-state index contributed by atoms with van der Waals surface area (Å²) < 4.78 is 0. The average molecular weight is 154 g/mol. The SMILES string of the molecule is C1=NCCN1ON1C=NCC1. The molecule has 0 saturated carbocycles. The molecule has 2 aliphatic rings. The Morgan fingerprint density at radius 1 is 1.00 bits per heavy atom. The van der Waals surface area contributed by atoms with Gasteiger partial charge in [0.15, 0.2) is 0 Å². The smallest absolute Gasteiger partial charge is 0.113 e. The predicted octanol–water partition coefficient (Wildman–Crippen LogP) is -0.479. The van der Waals surface area contributed by atoms with Crippen LogP contribution in [0.2, 0.25) is 0 Å². The van der Waals surface area contributed by atoms with Crippen LogP contribution in [0.15, 0.2) is 9.98 Å². The zero-order chi connectivity index (χ0) is 7.52. The summed E-state index contributed by atoms with van der Waals surface area (Å²) in [5.74, 6) is 0. The first-order chi connectivity index (χ1) is 5.45. The third kappa shape index (κ3) is 1.48. The van der Waals surface area contributed by atoms with E-state index in [1.54, 1.807) is 22.8 Å². The normalized spacial score (nSPS) is 22.2. The molecule has 0 unspecified atom stereocenters. The van der Waals surface area contributed by atoms with Gasteiger partial charge in [-0.05, 0) is 0 Å². The molecule has 0 bridgehead atoms. The molecule has 5 heteroatoms. The molecule has 0 amide bonds. The van der Waals surface area contributed by atoms with E-state index in [0.717, 1.165) is 26.2 Å². The second kappa shape index (κ2) is 2.87. The number of aliphatic imine (C=N–C) groups is 2. The molecule has 11 heavy (non-hydrogen) atoms. The fourth-order valence-electron chi connectivity index (χ4n) is 0.984. The minimum absolute atomic E-state index is 0.824. The van der Waals surface area contributed by atoms with Gasteiger partial charge in [-0.15, -0.1) is 0 Å². The van der Waals surface area contributed by atoms with Gasteiger partial charge in [-0.1, -0.05) is 0 Å². The second-order valence-corrected chi connectivity index (χ2v) is 2.41. The van der Waals surface area contributed by atoms with Crippen LogP contribution < -0.4 is 0 Å². The first-order valence-corrected chi connectivity index (χ1v) is 3.66. The van der Waals surface area contributed by atoms with E-state index in [2.05, 4.69) is 9.98 Å². The van der Waals surface area contributed by atoms with Crippen molar-refractivity contribution in [3.63, 3.8) is 0 Å². The number of rotatable bonds is 2. The van der Waals surface area contributed by atoms with E-state index >= 15 is 0 Å². The Kier molecular flexibility index (Phi) is 1.72. The summed E-state index contributed by atoms with van der Waals surface area (Å²) in [5, 5.41) is 3.41. The van der Waals surface area contributed by atoms with Crippen LogP contribution in [0.25, 0.3) is 0 Å². The maximum absolute atomic E-state index is 5.34. The van der Waals surface area contributed by atoms with Gasteiger partial charge in [-0.2, -0.15) is 4.94 Å². The van der Waals surface area contributed by atoms with Gasteiger partial charge in [-0.25, -0.2) is 10.1 Å². The molecule has 0 aliphatic carbocycles. The molecule has 2 aliphatic heterocycles. The number of nitrogens with zero attached hydrogens (tertiary/aromatic N) is 4.